The summed E-state index contributed by atoms with van der Waals surface area (Å²) in [6.07, 6.45) is 6.61. The highest BCUT2D eigenvalue weighted by molar-refractivity contribution is 5.81. The lowest BCUT2D eigenvalue weighted by atomic mass is 9.80. The molecule has 1 aliphatic heterocycles. The fourth-order valence-electron chi connectivity index (χ4n) is 4.13. The third-order valence-electron chi connectivity index (χ3n) is 5.04. The van der Waals surface area contributed by atoms with Crippen LogP contribution >= 0.6 is 0 Å². The van der Waals surface area contributed by atoms with Crippen LogP contribution in [-0.4, -0.2) is 61.5 Å². The molecule has 1 aliphatic carbocycles. The molecule has 1 saturated heterocycles. The maximum absolute atomic E-state index is 12.5. The fraction of sp³-hybridized carbons (Fsp3) is 0.941. The minimum atomic E-state index is 0.0385. The number of hydrogen-bond donors (Lipinski definition) is 1. The molecule has 1 saturated carbocycles. The van der Waals surface area contributed by atoms with Crippen LogP contribution in [0.25, 0.3) is 0 Å². The Morgan fingerprint density at radius 3 is 2.76 bits per heavy atom. The van der Waals surface area contributed by atoms with Crippen LogP contribution in [0.5, 0.6) is 0 Å². The van der Waals surface area contributed by atoms with Crippen molar-refractivity contribution in [2.75, 3.05) is 33.7 Å². The minimum Gasteiger partial charge on any atom is -0.347 e. The molecule has 1 N–H and O–H groups in total. The number of nitrogens with one attached hydrogen (secondary N) is 1. The van der Waals surface area contributed by atoms with Crippen LogP contribution in [0.4, 0.5) is 0 Å². The maximum Gasteiger partial charge on any atom is 0.240 e. The molecule has 2 rings (SSSR count). The number of hydrogen-bond acceptors (Lipinski definition) is 3. The Balaban J connectivity index is 2.01. The number of piperazine rings is 1. The average Bonchev–Trinajstić information content (AvgIpc) is 2.46. The van der Waals surface area contributed by atoms with Gasteiger partial charge in [-0.25, -0.2) is 0 Å². The Labute approximate surface area is 130 Å². The smallest absolute Gasteiger partial charge is 0.240 e. The lowest BCUT2D eigenvalue weighted by Crippen LogP contribution is -2.61. The first-order valence-electron chi connectivity index (χ1n) is 8.66. The molecule has 0 aromatic heterocycles. The third-order valence-corrected chi connectivity index (χ3v) is 5.04. The van der Waals surface area contributed by atoms with Gasteiger partial charge in [0.05, 0.1) is 0 Å². The number of carbonyl (C=O) groups is 1. The van der Waals surface area contributed by atoms with Crippen LogP contribution in [0.2, 0.25) is 0 Å². The van der Waals surface area contributed by atoms with Gasteiger partial charge in [-0.3, -0.25) is 9.69 Å². The summed E-state index contributed by atoms with van der Waals surface area (Å²) in [5, 5.41) is 3.39. The van der Waals surface area contributed by atoms with Gasteiger partial charge in [-0.2, -0.15) is 0 Å². The summed E-state index contributed by atoms with van der Waals surface area (Å²) < 4.78 is 0. The molecule has 0 bridgehead atoms. The Bertz CT molecular complexity index is 343. The molecule has 0 spiro atoms. The van der Waals surface area contributed by atoms with Gasteiger partial charge in [0, 0.05) is 39.8 Å². The molecule has 1 heterocycles. The first kappa shape index (κ1) is 16.8. The van der Waals surface area contributed by atoms with Crippen LogP contribution in [0.3, 0.4) is 0 Å². The quantitative estimate of drug-likeness (QED) is 0.861. The maximum atomic E-state index is 12.5. The summed E-state index contributed by atoms with van der Waals surface area (Å²) >= 11 is 0. The van der Waals surface area contributed by atoms with Crippen molar-refractivity contribution in [3.05, 3.63) is 0 Å². The number of carbonyl (C=O) groups excluding carboxylic acids is 1. The summed E-state index contributed by atoms with van der Waals surface area (Å²) in [7, 11) is 3.75. The van der Waals surface area contributed by atoms with Crippen molar-refractivity contribution in [1.82, 2.24) is 15.1 Å². The molecular weight excluding hydrogens is 262 g/mol. The van der Waals surface area contributed by atoms with E-state index in [-0.39, 0.29) is 11.9 Å². The van der Waals surface area contributed by atoms with Gasteiger partial charge >= 0.3 is 0 Å². The Kier molecular flexibility index (Phi) is 6.06. The molecule has 0 aromatic carbocycles. The predicted molar refractivity (Wildman–Crippen MR) is 87.3 cm³/mol. The van der Waals surface area contributed by atoms with Crippen LogP contribution < -0.4 is 5.32 Å². The monoisotopic (exact) mass is 295 g/mol. The van der Waals surface area contributed by atoms with Crippen LogP contribution in [0.15, 0.2) is 0 Å². The second-order valence-electron chi connectivity index (χ2n) is 7.51. The van der Waals surface area contributed by atoms with Gasteiger partial charge in [-0.05, 0) is 31.1 Å². The molecule has 3 unspecified atom stereocenters. The van der Waals surface area contributed by atoms with E-state index in [9.17, 15) is 4.79 Å². The van der Waals surface area contributed by atoms with Gasteiger partial charge < -0.3 is 10.2 Å². The predicted octanol–water partition coefficient (Wildman–Crippen LogP) is 1.95. The highest BCUT2D eigenvalue weighted by Gasteiger charge is 2.36. The van der Waals surface area contributed by atoms with Crippen molar-refractivity contribution in [1.29, 1.82) is 0 Å². The van der Waals surface area contributed by atoms with Gasteiger partial charge in [-0.1, -0.05) is 26.7 Å². The van der Waals surface area contributed by atoms with Crippen molar-refractivity contribution in [2.45, 2.75) is 58.0 Å². The van der Waals surface area contributed by atoms with Crippen LogP contribution in [-0.2, 0) is 4.79 Å². The summed E-state index contributed by atoms with van der Waals surface area (Å²) in [6, 6.07) is 0.648. The zero-order chi connectivity index (χ0) is 15.4. The zero-order valence-corrected chi connectivity index (χ0v) is 14.3. The molecule has 4 nitrogen and oxygen atoms in total. The molecular formula is C17H33N3O. The van der Waals surface area contributed by atoms with Gasteiger partial charge in [0.2, 0.25) is 5.91 Å². The molecule has 1 amide bonds. The highest BCUT2D eigenvalue weighted by Crippen LogP contribution is 2.33. The van der Waals surface area contributed by atoms with E-state index >= 15 is 0 Å². The van der Waals surface area contributed by atoms with E-state index in [0.717, 1.165) is 31.5 Å². The summed E-state index contributed by atoms with van der Waals surface area (Å²) in [5.41, 5.74) is 0. The van der Waals surface area contributed by atoms with Crippen LogP contribution in [0, 0.1) is 11.8 Å². The first-order valence-corrected chi connectivity index (χ1v) is 8.66. The second kappa shape index (κ2) is 7.59. The highest BCUT2D eigenvalue weighted by atomic mass is 16.2. The lowest BCUT2D eigenvalue weighted by Gasteiger charge is -2.44. The summed E-state index contributed by atoms with van der Waals surface area (Å²) in [5.74, 6) is 1.90. The van der Waals surface area contributed by atoms with Gasteiger partial charge in [0.15, 0.2) is 0 Å². The van der Waals surface area contributed by atoms with Crippen molar-refractivity contribution in [3.8, 4) is 0 Å². The van der Waals surface area contributed by atoms with Crippen LogP contribution in [0.1, 0.15) is 46.0 Å². The standard InChI is InChI=1S/C17H33N3O/c1-13(2)10-14-6-5-7-15(11-14)20-9-8-18-12-16(20)17(21)19(3)4/h13-16,18H,5-12H2,1-4H3. The third kappa shape index (κ3) is 4.43. The van der Waals surface area contributed by atoms with Gasteiger partial charge in [-0.15, -0.1) is 0 Å². The molecule has 4 heteroatoms. The van der Waals surface area contributed by atoms with Crippen molar-refractivity contribution >= 4 is 5.91 Å². The Morgan fingerprint density at radius 1 is 1.33 bits per heavy atom. The molecule has 122 valence electrons. The molecule has 0 aromatic rings. The van der Waals surface area contributed by atoms with E-state index in [0.29, 0.717) is 6.04 Å². The number of likely N-dealkylation sites (N-methyl/N-ethyl adjacent to an activating group) is 1. The average molecular weight is 295 g/mol. The first-order chi connectivity index (χ1) is 9.99. The molecule has 2 fully saturated rings. The minimum absolute atomic E-state index is 0.0385. The Morgan fingerprint density at radius 2 is 2.10 bits per heavy atom. The second-order valence-corrected chi connectivity index (χ2v) is 7.51. The number of nitrogens with zero attached hydrogens (tertiary/aromatic N) is 2. The normalized spacial score (nSPS) is 31.4. The van der Waals surface area contributed by atoms with E-state index in [1.807, 2.05) is 14.1 Å². The topological polar surface area (TPSA) is 35.6 Å². The number of amides is 1. The summed E-state index contributed by atoms with van der Waals surface area (Å²) in [4.78, 5) is 16.7. The lowest BCUT2D eigenvalue weighted by molar-refractivity contribution is -0.136. The van der Waals surface area contributed by atoms with Gasteiger partial charge in [0.25, 0.3) is 0 Å². The molecule has 0 radical (unpaired) electrons. The van der Waals surface area contributed by atoms with Crippen molar-refractivity contribution in [3.63, 3.8) is 0 Å². The van der Waals surface area contributed by atoms with E-state index in [1.165, 1.54) is 32.1 Å². The van der Waals surface area contributed by atoms with E-state index in [2.05, 4.69) is 24.1 Å². The zero-order valence-electron chi connectivity index (χ0n) is 14.3. The molecule has 21 heavy (non-hydrogen) atoms. The fourth-order valence-corrected chi connectivity index (χ4v) is 4.13. The SMILES string of the molecule is CC(C)CC1CCCC(N2CCNCC2C(=O)N(C)C)C1. The molecule has 3 atom stereocenters. The number of rotatable bonds is 4. The Hall–Kier alpha value is -0.610. The van der Waals surface area contributed by atoms with E-state index < -0.39 is 0 Å². The largest absolute Gasteiger partial charge is 0.347 e. The summed E-state index contributed by atoms with van der Waals surface area (Å²) in [6.45, 7) is 7.49. The van der Waals surface area contributed by atoms with Crippen molar-refractivity contribution in [2.24, 2.45) is 11.8 Å². The van der Waals surface area contributed by atoms with Crippen molar-refractivity contribution < 1.29 is 4.79 Å². The van der Waals surface area contributed by atoms with E-state index in [1.54, 1.807) is 4.90 Å². The van der Waals surface area contributed by atoms with Gasteiger partial charge in [0.1, 0.15) is 6.04 Å². The van der Waals surface area contributed by atoms with E-state index in [4.69, 9.17) is 0 Å². The molecule has 2 aliphatic rings.